The van der Waals surface area contributed by atoms with Crippen LogP contribution in [-0.4, -0.2) is 64.8 Å². The van der Waals surface area contributed by atoms with Gasteiger partial charge in [-0.15, -0.1) is 0 Å². The molecule has 8 heteroatoms. The van der Waals surface area contributed by atoms with Crippen molar-refractivity contribution in [3.05, 3.63) is 46.7 Å². The number of anilines is 2. The average molecular weight is 467 g/mol. The van der Waals surface area contributed by atoms with Gasteiger partial charge in [0, 0.05) is 74.5 Å². The minimum Gasteiger partial charge on any atom is -0.368 e. The number of fused-ring (bicyclic) bond motifs is 1. The average Bonchev–Trinajstić information content (AvgIpc) is 3.14. The van der Waals surface area contributed by atoms with E-state index in [0.29, 0.717) is 5.91 Å². The number of hydrogen-bond acceptors (Lipinski definition) is 5. The maximum absolute atomic E-state index is 13.3. The molecule has 2 saturated heterocycles. The maximum Gasteiger partial charge on any atom is 0.225 e. The fourth-order valence-electron chi connectivity index (χ4n) is 5.30. The molecule has 174 valence electrons. The maximum atomic E-state index is 13.3. The lowest BCUT2D eigenvalue weighted by molar-refractivity contribution is -0.136. The van der Waals surface area contributed by atoms with Crippen LogP contribution in [0.5, 0.6) is 0 Å². The molecule has 1 aromatic carbocycles. The molecule has 0 spiro atoms. The molecular weight excluding hydrogens is 436 g/mol. The van der Waals surface area contributed by atoms with Crippen LogP contribution in [0.1, 0.15) is 24.1 Å². The van der Waals surface area contributed by atoms with E-state index in [2.05, 4.69) is 37.8 Å². The smallest absolute Gasteiger partial charge is 0.225 e. The van der Waals surface area contributed by atoms with Crippen LogP contribution in [0.4, 0.5) is 11.5 Å². The molecule has 2 fully saturated rings. The van der Waals surface area contributed by atoms with Crippen LogP contribution in [0.3, 0.4) is 0 Å². The van der Waals surface area contributed by atoms with E-state index in [1.54, 1.807) is 0 Å². The molecule has 1 amide bonds. The number of aromatic nitrogens is 3. The zero-order valence-corrected chi connectivity index (χ0v) is 20.3. The lowest BCUT2D eigenvalue weighted by atomic mass is 9.94. The number of nitrogens with zero attached hydrogens (tertiary/aromatic N) is 6. The van der Waals surface area contributed by atoms with Crippen molar-refractivity contribution in [3.8, 4) is 0 Å². The molecule has 5 rings (SSSR count). The standard InChI is InChI=1S/C25H31ClN6O/c1-17-4-5-20(26)16-22(17)30-12-14-32(15-13-30)25(33)19-7-10-31(11-8-19)24-23-21(6-9-27-24)18(2)28-29(23)3/h4-6,9,16,19H,7-8,10-15H2,1-3H3. The summed E-state index contributed by atoms with van der Waals surface area (Å²) in [6.45, 7) is 9.04. The Labute approximate surface area is 199 Å². The van der Waals surface area contributed by atoms with E-state index in [9.17, 15) is 4.79 Å². The highest BCUT2D eigenvalue weighted by Crippen LogP contribution is 2.31. The van der Waals surface area contributed by atoms with Crippen LogP contribution < -0.4 is 9.80 Å². The number of carbonyl (C=O) groups excluding carboxylic acids is 1. The predicted molar refractivity (Wildman–Crippen MR) is 133 cm³/mol. The van der Waals surface area contributed by atoms with Crippen LogP contribution in [0.25, 0.3) is 10.9 Å². The summed E-state index contributed by atoms with van der Waals surface area (Å²) < 4.78 is 1.92. The highest BCUT2D eigenvalue weighted by Gasteiger charge is 2.31. The van der Waals surface area contributed by atoms with Crippen LogP contribution in [0.15, 0.2) is 30.5 Å². The molecular formula is C25H31ClN6O. The fourth-order valence-corrected chi connectivity index (χ4v) is 5.47. The number of carbonyl (C=O) groups is 1. The molecule has 0 radical (unpaired) electrons. The molecule has 33 heavy (non-hydrogen) atoms. The van der Waals surface area contributed by atoms with E-state index in [1.165, 1.54) is 11.3 Å². The third kappa shape index (κ3) is 4.14. The molecule has 0 aliphatic carbocycles. The lowest BCUT2D eigenvalue weighted by Crippen LogP contribution is -2.52. The normalized spacial score (nSPS) is 17.8. The summed E-state index contributed by atoms with van der Waals surface area (Å²) in [5.41, 5.74) is 4.49. The highest BCUT2D eigenvalue weighted by molar-refractivity contribution is 6.30. The van der Waals surface area contributed by atoms with Gasteiger partial charge in [0.1, 0.15) is 5.52 Å². The van der Waals surface area contributed by atoms with Crippen molar-refractivity contribution in [2.24, 2.45) is 13.0 Å². The largest absolute Gasteiger partial charge is 0.368 e. The number of rotatable bonds is 3. The van der Waals surface area contributed by atoms with Gasteiger partial charge < -0.3 is 14.7 Å². The first-order valence-electron chi connectivity index (χ1n) is 11.8. The minimum absolute atomic E-state index is 0.0909. The molecule has 0 atom stereocenters. The Balaban J connectivity index is 1.20. The Hall–Kier alpha value is -2.80. The summed E-state index contributed by atoms with van der Waals surface area (Å²) in [4.78, 5) is 24.6. The van der Waals surface area contributed by atoms with Crippen molar-refractivity contribution in [3.63, 3.8) is 0 Å². The molecule has 2 aromatic heterocycles. The number of piperazine rings is 1. The SMILES string of the molecule is Cc1ccc(Cl)cc1N1CCN(C(=O)C2CCN(c3nccc4c(C)nn(C)c34)CC2)CC1. The Bertz CT molecular complexity index is 1180. The number of pyridine rings is 1. The van der Waals surface area contributed by atoms with Crippen molar-refractivity contribution in [1.29, 1.82) is 0 Å². The van der Waals surface area contributed by atoms with Crippen molar-refractivity contribution in [1.82, 2.24) is 19.7 Å². The first-order valence-corrected chi connectivity index (χ1v) is 12.1. The summed E-state index contributed by atoms with van der Waals surface area (Å²) in [7, 11) is 1.97. The summed E-state index contributed by atoms with van der Waals surface area (Å²) in [5.74, 6) is 1.37. The van der Waals surface area contributed by atoms with E-state index in [0.717, 1.165) is 79.5 Å². The molecule has 0 saturated carbocycles. The van der Waals surface area contributed by atoms with Gasteiger partial charge in [0.25, 0.3) is 0 Å². The number of amides is 1. The second-order valence-corrected chi connectivity index (χ2v) is 9.68. The number of aryl methyl sites for hydroxylation is 3. The predicted octanol–water partition coefficient (Wildman–Crippen LogP) is 3.80. The second kappa shape index (κ2) is 8.86. The minimum atomic E-state index is 0.0909. The lowest BCUT2D eigenvalue weighted by Gasteiger charge is -2.40. The van der Waals surface area contributed by atoms with Crippen LogP contribution in [0.2, 0.25) is 5.02 Å². The highest BCUT2D eigenvalue weighted by atomic mass is 35.5. The third-order valence-corrected chi connectivity index (χ3v) is 7.40. The van der Waals surface area contributed by atoms with E-state index in [1.807, 2.05) is 43.0 Å². The monoisotopic (exact) mass is 466 g/mol. The topological polar surface area (TPSA) is 57.5 Å². The van der Waals surface area contributed by atoms with Crippen molar-refractivity contribution in [2.45, 2.75) is 26.7 Å². The van der Waals surface area contributed by atoms with Gasteiger partial charge in [-0.2, -0.15) is 5.10 Å². The first-order chi connectivity index (χ1) is 15.9. The van der Waals surface area contributed by atoms with Gasteiger partial charge in [-0.1, -0.05) is 17.7 Å². The number of hydrogen-bond donors (Lipinski definition) is 0. The molecule has 2 aliphatic rings. The Morgan fingerprint density at radius 3 is 2.45 bits per heavy atom. The Morgan fingerprint density at radius 1 is 1.00 bits per heavy atom. The van der Waals surface area contributed by atoms with E-state index in [-0.39, 0.29) is 5.92 Å². The zero-order valence-electron chi connectivity index (χ0n) is 19.6. The van der Waals surface area contributed by atoms with Gasteiger partial charge in [-0.25, -0.2) is 4.98 Å². The van der Waals surface area contributed by atoms with Gasteiger partial charge in [0.05, 0.1) is 5.69 Å². The zero-order chi connectivity index (χ0) is 23.1. The van der Waals surface area contributed by atoms with Gasteiger partial charge in [0.15, 0.2) is 5.82 Å². The quantitative estimate of drug-likeness (QED) is 0.587. The van der Waals surface area contributed by atoms with Crippen LogP contribution in [-0.2, 0) is 11.8 Å². The number of halogens is 1. The Kier molecular flexibility index (Phi) is 5.91. The van der Waals surface area contributed by atoms with E-state index in [4.69, 9.17) is 11.6 Å². The van der Waals surface area contributed by atoms with Crippen molar-refractivity contribution in [2.75, 3.05) is 49.1 Å². The molecule has 3 aromatic rings. The van der Waals surface area contributed by atoms with Crippen molar-refractivity contribution >= 4 is 39.9 Å². The third-order valence-electron chi connectivity index (χ3n) is 7.17. The van der Waals surface area contributed by atoms with Crippen LogP contribution in [0, 0.1) is 19.8 Å². The van der Waals surface area contributed by atoms with Crippen molar-refractivity contribution < 1.29 is 4.79 Å². The van der Waals surface area contributed by atoms with Gasteiger partial charge in [-0.3, -0.25) is 9.48 Å². The molecule has 0 bridgehead atoms. The summed E-state index contributed by atoms with van der Waals surface area (Å²) in [5, 5.41) is 6.47. The molecule has 2 aliphatic heterocycles. The number of benzene rings is 1. The van der Waals surface area contributed by atoms with E-state index < -0.39 is 0 Å². The second-order valence-electron chi connectivity index (χ2n) is 9.24. The molecule has 7 nitrogen and oxygen atoms in total. The summed E-state index contributed by atoms with van der Waals surface area (Å²) in [6.07, 6.45) is 3.59. The van der Waals surface area contributed by atoms with Gasteiger partial charge >= 0.3 is 0 Å². The molecule has 4 heterocycles. The summed E-state index contributed by atoms with van der Waals surface area (Å²) >= 11 is 6.21. The fraction of sp³-hybridized carbons (Fsp3) is 0.480. The summed E-state index contributed by atoms with van der Waals surface area (Å²) in [6, 6.07) is 8.05. The van der Waals surface area contributed by atoms with E-state index >= 15 is 0 Å². The molecule has 0 unspecified atom stereocenters. The molecule has 0 N–H and O–H groups in total. The number of piperidine rings is 1. The van der Waals surface area contributed by atoms with Gasteiger partial charge in [-0.05, 0) is 50.5 Å². The first kappa shape index (κ1) is 22.0. The van der Waals surface area contributed by atoms with Crippen LogP contribution >= 0.6 is 11.6 Å². The Morgan fingerprint density at radius 2 is 1.73 bits per heavy atom. The van der Waals surface area contributed by atoms with Gasteiger partial charge in [0.2, 0.25) is 5.91 Å².